The summed E-state index contributed by atoms with van der Waals surface area (Å²) < 4.78 is 10.3. The number of rotatable bonds is 7. The maximum absolute atomic E-state index is 11.9. The summed E-state index contributed by atoms with van der Waals surface area (Å²) in [6, 6.07) is 0. The quantitative estimate of drug-likeness (QED) is 0.679. The fraction of sp³-hybridized carbons (Fsp3) is 0.923. The van der Waals surface area contributed by atoms with Crippen LogP contribution in [0, 0.1) is 0 Å². The number of hydrogen-bond donors (Lipinski definition) is 1. The minimum Gasteiger partial charge on any atom is -0.468 e. The van der Waals surface area contributed by atoms with E-state index in [-0.39, 0.29) is 12.1 Å². The SMILES string of the molecule is CCCNC(C)(CN1CCC(OC)C1)C(=O)OC. The van der Waals surface area contributed by atoms with Gasteiger partial charge in [-0.2, -0.15) is 0 Å². The van der Waals surface area contributed by atoms with Gasteiger partial charge in [-0.1, -0.05) is 6.92 Å². The summed E-state index contributed by atoms with van der Waals surface area (Å²) in [6.07, 6.45) is 2.31. The molecule has 1 N–H and O–H groups in total. The molecule has 0 aromatic carbocycles. The van der Waals surface area contributed by atoms with Crippen molar-refractivity contribution in [2.24, 2.45) is 0 Å². The first kappa shape index (κ1) is 15.4. The molecule has 1 aliphatic rings. The molecule has 1 saturated heterocycles. The van der Waals surface area contributed by atoms with Gasteiger partial charge in [-0.15, -0.1) is 0 Å². The third-order valence-electron chi connectivity index (χ3n) is 3.50. The Morgan fingerprint density at radius 1 is 1.50 bits per heavy atom. The monoisotopic (exact) mass is 258 g/mol. The van der Waals surface area contributed by atoms with Crippen LogP contribution < -0.4 is 5.32 Å². The van der Waals surface area contributed by atoms with Crippen molar-refractivity contribution < 1.29 is 14.3 Å². The maximum atomic E-state index is 11.9. The van der Waals surface area contributed by atoms with E-state index >= 15 is 0 Å². The molecule has 1 aliphatic heterocycles. The highest BCUT2D eigenvalue weighted by Crippen LogP contribution is 2.17. The van der Waals surface area contributed by atoms with Crippen molar-refractivity contribution in [3.63, 3.8) is 0 Å². The van der Waals surface area contributed by atoms with Crippen LogP contribution in [0.2, 0.25) is 0 Å². The van der Waals surface area contributed by atoms with Crippen molar-refractivity contribution in [3.05, 3.63) is 0 Å². The molecule has 0 radical (unpaired) electrons. The first-order chi connectivity index (χ1) is 8.55. The van der Waals surface area contributed by atoms with Gasteiger partial charge in [0.1, 0.15) is 5.54 Å². The molecule has 106 valence electrons. The van der Waals surface area contributed by atoms with Crippen molar-refractivity contribution in [1.29, 1.82) is 0 Å². The van der Waals surface area contributed by atoms with Gasteiger partial charge in [0.05, 0.1) is 13.2 Å². The van der Waals surface area contributed by atoms with E-state index < -0.39 is 5.54 Å². The Labute approximate surface area is 110 Å². The van der Waals surface area contributed by atoms with E-state index in [1.165, 1.54) is 7.11 Å². The van der Waals surface area contributed by atoms with Gasteiger partial charge in [0.2, 0.25) is 0 Å². The van der Waals surface area contributed by atoms with E-state index in [1.54, 1.807) is 7.11 Å². The number of nitrogens with one attached hydrogen (secondary N) is 1. The van der Waals surface area contributed by atoms with Crippen LogP contribution in [0.1, 0.15) is 26.7 Å². The van der Waals surface area contributed by atoms with Gasteiger partial charge in [-0.25, -0.2) is 0 Å². The number of carbonyl (C=O) groups excluding carboxylic acids is 1. The number of methoxy groups -OCH3 is 2. The summed E-state index contributed by atoms with van der Waals surface area (Å²) in [5.41, 5.74) is -0.632. The molecule has 5 nitrogen and oxygen atoms in total. The molecule has 1 heterocycles. The Kier molecular flexibility index (Phi) is 6.05. The summed E-state index contributed by atoms with van der Waals surface area (Å²) in [5, 5.41) is 3.30. The van der Waals surface area contributed by atoms with Crippen molar-refractivity contribution in [1.82, 2.24) is 10.2 Å². The first-order valence-electron chi connectivity index (χ1n) is 6.64. The fourth-order valence-electron chi connectivity index (χ4n) is 2.40. The number of hydrogen-bond acceptors (Lipinski definition) is 5. The minimum atomic E-state index is -0.632. The van der Waals surface area contributed by atoms with E-state index in [9.17, 15) is 4.79 Å². The van der Waals surface area contributed by atoms with Crippen molar-refractivity contribution in [3.8, 4) is 0 Å². The lowest BCUT2D eigenvalue weighted by Crippen LogP contribution is -2.57. The van der Waals surface area contributed by atoms with Gasteiger partial charge in [0.15, 0.2) is 0 Å². The fourth-order valence-corrected chi connectivity index (χ4v) is 2.40. The molecule has 0 aliphatic carbocycles. The zero-order valence-electron chi connectivity index (χ0n) is 12.0. The Morgan fingerprint density at radius 2 is 2.22 bits per heavy atom. The number of likely N-dealkylation sites (tertiary alicyclic amines) is 1. The van der Waals surface area contributed by atoms with Gasteiger partial charge in [-0.05, 0) is 26.3 Å². The topological polar surface area (TPSA) is 50.8 Å². The molecule has 0 aromatic rings. The second-order valence-electron chi connectivity index (χ2n) is 5.13. The minimum absolute atomic E-state index is 0.197. The Bertz CT molecular complexity index is 273. The molecular weight excluding hydrogens is 232 g/mol. The molecule has 0 saturated carbocycles. The predicted molar refractivity (Wildman–Crippen MR) is 70.6 cm³/mol. The number of ether oxygens (including phenoxy) is 2. The predicted octanol–water partition coefficient (Wildman–Crippen LogP) is 0.638. The Balaban J connectivity index is 2.58. The van der Waals surface area contributed by atoms with E-state index in [2.05, 4.69) is 17.1 Å². The number of nitrogens with zero attached hydrogens (tertiary/aromatic N) is 1. The average Bonchev–Trinajstić information content (AvgIpc) is 2.82. The van der Waals surface area contributed by atoms with E-state index in [0.29, 0.717) is 6.54 Å². The maximum Gasteiger partial charge on any atom is 0.327 e. The molecule has 1 fully saturated rings. The number of carbonyl (C=O) groups is 1. The molecule has 2 atom stereocenters. The summed E-state index contributed by atoms with van der Waals surface area (Å²) in [5.74, 6) is -0.197. The van der Waals surface area contributed by atoms with Crippen molar-refractivity contribution in [2.75, 3.05) is 40.4 Å². The standard InChI is InChI=1S/C13H26N2O3/c1-5-7-14-13(2,12(16)18-4)10-15-8-6-11(9-15)17-3/h11,14H,5-10H2,1-4H3. The molecule has 0 bridgehead atoms. The molecule has 0 aromatic heterocycles. The summed E-state index contributed by atoms with van der Waals surface area (Å²) >= 11 is 0. The lowest BCUT2D eigenvalue weighted by atomic mass is 10.0. The van der Waals surface area contributed by atoms with Crippen LogP contribution in [0.15, 0.2) is 0 Å². The van der Waals surface area contributed by atoms with Gasteiger partial charge < -0.3 is 14.8 Å². The normalized spacial score (nSPS) is 23.9. The van der Waals surface area contributed by atoms with Crippen LogP contribution in [-0.2, 0) is 14.3 Å². The lowest BCUT2D eigenvalue weighted by molar-refractivity contribution is -0.148. The largest absolute Gasteiger partial charge is 0.468 e. The van der Waals surface area contributed by atoms with Crippen molar-refractivity contribution in [2.45, 2.75) is 38.3 Å². The zero-order chi connectivity index (χ0) is 13.6. The third-order valence-corrected chi connectivity index (χ3v) is 3.50. The molecule has 2 unspecified atom stereocenters. The van der Waals surface area contributed by atoms with Gasteiger partial charge in [-0.3, -0.25) is 9.69 Å². The van der Waals surface area contributed by atoms with Crippen LogP contribution in [0.25, 0.3) is 0 Å². The van der Waals surface area contributed by atoms with Gasteiger partial charge in [0.25, 0.3) is 0 Å². The number of esters is 1. The van der Waals surface area contributed by atoms with Crippen LogP contribution >= 0.6 is 0 Å². The van der Waals surface area contributed by atoms with Crippen molar-refractivity contribution >= 4 is 5.97 Å². The molecule has 5 heteroatoms. The second-order valence-corrected chi connectivity index (χ2v) is 5.13. The molecule has 0 amide bonds. The highest BCUT2D eigenvalue weighted by atomic mass is 16.5. The van der Waals surface area contributed by atoms with Crippen LogP contribution in [0.4, 0.5) is 0 Å². The summed E-state index contributed by atoms with van der Waals surface area (Å²) in [6.45, 7) is 7.33. The Morgan fingerprint density at radius 3 is 2.72 bits per heavy atom. The molecular formula is C13H26N2O3. The van der Waals surface area contributed by atoms with E-state index in [4.69, 9.17) is 9.47 Å². The van der Waals surface area contributed by atoms with Gasteiger partial charge in [0, 0.05) is 26.7 Å². The smallest absolute Gasteiger partial charge is 0.327 e. The lowest BCUT2D eigenvalue weighted by Gasteiger charge is -2.32. The Hall–Kier alpha value is -0.650. The third kappa shape index (κ3) is 3.93. The zero-order valence-corrected chi connectivity index (χ0v) is 12.0. The van der Waals surface area contributed by atoms with E-state index in [0.717, 1.165) is 32.5 Å². The molecule has 0 spiro atoms. The van der Waals surface area contributed by atoms with Gasteiger partial charge >= 0.3 is 5.97 Å². The molecule has 18 heavy (non-hydrogen) atoms. The summed E-state index contributed by atoms with van der Waals surface area (Å²) in [7, 11) is 3.18. The first-order valence-corrected chi connectivity index (χ1v) is 6.64. The highest BCUT2D eigenvalue weighted by Gasteiger charge is 2.37. The average molecular weight is 258 g/mol. The van der Waals surface area contributed by atoms with E-state index in [1.807, 2.05) is 6.92 Å². The van der Waals surface area contributed by atoms with Crippen LogP contribution in [-0.4, -0.2) is 62.9 Å². The highest BCUT2D eigenvalue weighted by molar-refractivity contribution is 5.80. The van der Waals surface area contributed by atoms with Crippen LogP contribution in [0.5, 0.6) is 0 Å². The second kappa shape index (κ2) is 7.07. The summed E-state index contributed by atoms with van der Waals surface area (Å²) in [4.78, 5) is 14.2. The molecule has 1 rings (SSSR count). The van der Waals surface area contributed by atoms with Crippen LogP contribution in [0.3, 0.4) is 0 Å².